The molecule has 0 rings (SSSR count). The van der Waals surface area contributed by atoms with Crippen LogP contribution in [-0.4, -0.2) is 73.4 Å². The first-order chi connectivity index (χ1) is 10.7. The van der Waals surface area contributed by atoms with E-state index in [4.69, 9.17) is 30.6 Å². The van der Waals surface area contributed by atoms with Crippen molar-refractivity contribution >= 4 is 11.8 Å². The number of aliphatic carboxylic acids is 1. The van der Waals surface area contributed by atoms with E-state index in [-0.39, 0.29) is 0 Å². The lowest BCUT2D eigenvalue weighted by Gasteiger charge is -2.23. The number of carboxylic acids is 1. The maximum absolute atomic E-state index is 10.5. The second-order valence-electron chi connectivity index (χ2n) is 5.34. The predicted octanol–water partition coefficient (Wildman–Crippen LogP) is -0.557. The minimum absolute atomic E-state index is 0.337. The molecule has 138 valence electrons. The van der Waals surface area contributed by atoms with Crippen molar-refractivity contribution in [2.45, 2.75) is 76.8 Å². The van der Waals surface area contributed by atoms with Gasteiger partial charge in [-0.1, -0.05) is 32.6 Å². The summed E-state index contributed by atoms with van der Waals surface area (Å²) in [4.78, 5) is 20.6. The number of aliphatic hydroxyl groups excluding tert-OH is 5. The molecule has 8 heteroatoms. The number of ketones is 1. The fourth-order valence-corrected chi connectivity index (χ4v) is 1.64. The molecule has 4 atom stereocenters. The summed E-state index contributed by atoms with van der Waals surface area (Å²) in [7, 11) is 0. The third-order valence-electron chi connectivity index (χ3n) is 3.17. The number of carbonyl (C=O) groups excluding carboxylic acids is 1. The second-order valence-corrected chi connectivity index (χ2v) is 5.34. The normalized spacial score (nSPS) is 15.8. The smallest absolute Gasteiger partial charge is 0.303 e. The zero-order valence-electron chi connectivity index (χ0n) is 13.8. The van der Waals surface area contributed by atoms with Crippen molar-refractivity contribution in [1.82, 2.24) is 0 Å². The molecule has 0 amide bonds. The molecule has 0 radical (unpaired) electrons. The Bertz CT molecular complexity index is 321. The molecular formula is C15H30O8. The molecule has 0 heterocycles. The Balaban J connectivity index is 0. The molecule has 0 aliphatic heterocycles. The SMILES string of the molecule is CC(=O)[C@H](O)[C@@H](O)[C@H](O)[C@H](O)CO.CCCCCCCC(=O)O. The van der Waals surface area contributed by atoms with Crippen molar-refractivity contribution in [3.05, 3.63) is 0 Å². The Labute approximate surface area is 136 Å². The van der Waals surface area contributed by atoms with Crippen LogP contribution in [0.25, 0.3) is 0 Å². The molecule has 0 unspecified atom stereocenters. The van der Waals surface area contributed by atoms with Crippen molar-refractivity contribution < 1.29 is 40.2 Å². The molecule has 23 heavy (non-hydrogen) atoms. The second kappa shape index (κ2) is 14.5. The molecule has 0 bridgehead atoms. The summed E-state index contributed by atoms with van der Waals surface area (Å²) < 4.78 is 0. The molecule has 0 fully saturated rings. The van der Waals surface area contributed by atoms with Gasteiger partial charge in [-0.05, 0) is 13.3 Å². The molecule has 0 aliphatic carbocycles. The lowest BCUT2D eigenvalue weighted by Crippen LogP contribution is -2.48. The molecule has 0 spiro atoms. The van der Waals surface area contributed by atoms with E-state index in [1.807, 2.05) is 0 Å². The average Bonchev–Trinajstić information content (AvgIpc) is 2.51. The summed E-state index contributed by atoms with van der Waals surface area (Å²) >= 11 is 0. The summed E-state index contributed by atoms with van der Waals surface area (Å²) in [6, 6.07) is 0. The molecule has 0 aromatic rings. The number of rotatable bonds is 11. The van der Waals surface area contributed by atoms with E-state index in [0.29, 0.717) is 6.42 Å². The molecule has 8 nitrogen and oxygen atoms in total. The standard InChI is InChI=1S/C8H16O2.C7H14O6/c1-2-3-4-5-6-7-8(9)10;1-3(9)5(11)7(13)6(12)4(10)2-8/h2-7H2,1H3,(H,9,10);4-8,10-13H,2H2,1H3/t;4-,5+,6-,7-/m.1/s1. The zero-order chi connectivity index (χ0) is 18.4. The van der Waals surface area contributed by atoms with Crippen LogP contribution in [0.15, 0.2) is 0 Å². The fraction of sp³-hybridized carbons (Fsp3) is 0.867. The van der Waals surface area contributed by atoms with Gasteiger partial charge in [0.25, 0.3) is 0 Å². The predicted molar refractivity (Wildman–Crippen MR) is 82.8 cm³/mol. The third kappa shape index (κ3) is 13.1. The Morgan fingerprint density at radius 1 is 0.913 bits per heavy atom. The van der Waals surface area contributed by atoms with Crippen LogP contribution in [0.3, 0.4) is 0 Å². The highest BCUT2D eigenvalue weighted by Gasteiger charge is 2.32. The van der Waals surface area contributed by atoms with E-state index in [1.165, 1.54) is 19.3 Å². The monoisotopic (exact) mass is 338 g/mol. The Morgan fingerprint density at radius 3 is 1.83 bits per heavy atom. The summed E-state index contributed by atoms with van der Waals surface area (Å²) in [5.41, 5.74) is 0. The first-order valence-corrected chi connectivity index (χ1v) is 7.74. The van der Waals surface area contributed by atoms with E-state index in [2.05, 4.69) is 6.92 Å². The quantitative estimate of drug-likeness (QED) is 0.274. The maximum atomic E-state index is 10.5. The van der Waals surface area contributed by atoms with E-state index < -0.39 is 42.8 Å². The van der Waals surface area contributed by atoms with Crippen LogP contribution in [0.1, 0.15) is 52.4 Å². The molecule has 0 saturated carbocycles. The lowest BCUT2D eigenvalue weighted by atomic mass is 10.0. The van der Waals surface area contributed by atoms with Gasteiger partial charge in [0.05, 0.1) is 6.61 Å². The molecular weight excluding hydrogens is 308 g/mol. The number of carboxylic acid groups (broad SMARTS) is 1. The van der Waals surface area contributed by atoms with Crippen LogP contribution in [0.5, 0.6) is 0 Å². The minimum Gasteiger partial charge on any atom is -0.481 e. The summed E-state index contributed by atoms with van der Waals surface area (Å²) in [5, 5.41) is 52.6. The summed E-state index contributed by atoms with van der Waals surface area (Å²) in [5.74, 6) is -1.40. The minimum atomic E-state index is -1.79. The molecule has 6 N–H and O–H groups in total. The van der Waals surface area contributed by atoms with Gasteiger partial charge in [0, 0.05) is 6.42 Å². The number of hydrogen-bond donors (Lipinski definition) is 6. The number of Topliss-reactive ketones (excluding diaryl/α,β-unsaturated/α-hetero) is 1. The molecule has 0 aromatic carbocycles. The number of unbranched alkanes of at least 4 members (excludes halogenated alkanes) is 4. The average molecular weight is 338 g/mol. The molecule has 0 aliphatic rings. The molecule has 0 saturated heterocycles. The maximum Gasteiger partial charge on any atom is 0.303 e. The highest BCUT2D eigenvalue weighted by Crippen LogP contribution is 2.05. The third-order valence-corrected chi connectivity index (χ3v) is 3.17. The topological polar surface area (TPSA) is 156 Å². The van der Waals surface area contributed by atoms with Gasteiger partial charge in [-0.25, -0.2) is 0 Å². The van der Waals surface area contributed by atoms with Gasteiger partial charge in [-0.2, -0.15) is 0 Å². The number of carbonyl (C=O) groups is 2. The fourth-order valence-electron chi connectivity index (χ4n) is 1.64. The van der Waals surface area contributed by atoms with Crippen LogP contribution in [0.4, 0.5) is 0 Å². The Morgan fingerprint density at radius 2 is 1.43 bits per heavy atom. The van der Waals surface area contributed by atoms with Crippen LogP contribution in [0.2, 0.25) is 0 Å². The van der Waals surface area contributed by atoms with Gasteiger partial charge in [-0.15, -0.1) is 0 Å². The summed E-state index contributed by atoms with van der Waals surface area (Å²) in [6.45, 7) is 2.42. The van der Waals surface area contributed by atoms with Gasteiger partial charge in [-0.3, -0.25) is 9.59 Å². The van der Waals surface area contributed by atoms with Crippen molar-refractivity contribution in [2.24, 2.45) is 0 Å². The van der Waals surface area contributed by atoms with Gasteiger partial charge < -0.3 is 30.6 Å². The Kier molecular flexibility index (Phi) is 15.3. The van der Waals surface area contributed by atoms with Crippen LogP contribution < -0.4 is 0 Å². The van der Waals surface area contributed by atoms with Gasteiger partial charge >= 0.3 is 5.97 Å². The van der Waals surface area contributed by atoms with Crippen LogP contribution >= 0.6 is 0 Å². The van der Waals surface area contributed by atoms with Crippen molar-refractivity contribution in [2.75, 3.05) is 6.61 Å². The van der Waals surface area contributed by atoms with Gasteiger partial charge in [0.15, 0.2) is 5.78 Å². The largest absolute Gasteiger partial charge is 0.481 e. The van der Waals surface area contributed by atoms with Crippen molar-refractivity contribution in [3.8, 4) is 0 Å². The van der Waals surface area contributed by atoms with Gasteiger partial charge in [0.2, 0.25) is 0 Å². The molecule has 0 aromatic heterocycles. The summed E-state index contributed by atoms with van der Waals surface area (Å²) in [6.07, 6.45) is -0.987. The highest BCUT2D eigenvalue weighted by atomic mass is 16.4. The Hall–Kier alpha value is -1.06. The van der Waals surface area contributed by atoms with Crippen LogP contribution in [-0.2, 0) is 9.59 Å². The van der Waals surface area contributed by atoms with E-state index in [0.717, 1.165) is 19.8 Å². The van der Waals surface area contributed by atoms with Gasteiger partial charge in [0.1, 0.15) is 24.4 Å². The van der Waals surface area contributed by atoms with E-state index in [9.17, 15) is 9.59 Å². The van der Waals surface area contributed by atoms with Crippen LogP contribution in [0, 0.1) is 0 Å². The zero-order valence-corrected chi connectivity index (χ0v) is 13.8. The van der Waals surface area contributed by atoms with Crippen molar-refractivity contribution in [1.29, 1.82) is 0 Å². The first kappa shape index (κ1) is 24.2. The van der Waals surface area contributed by atoms with E-state index >= 15 is 0 Å². The van der Waals surface area contributed by atoms with E-state index in [1.54, 1.807) is 0 Å². The lowest BCUT2D eigenvalue weighted by molar-refractivity contribution is -0.145. The highest BCUT2D eigenvalue weighted by molar-refractivity contribution is 5.80. The van der Waals surface area contributed by atoms with Crippen molar-refractivity contribution in [3.63, 3.8) is 0 Å². The number of aliphatic hydroxyl groups is 5. The first-order valence-electron chi connectivity index (χ1n) is 7.74. The number of hydrogen-bond acceptors (Lipinski definition) is 7.